The van der Waals surface area contributed by atoms with Gasteiger partial charge in [0.2, 0.25) is 29.4 Å². The number of amides is 5. The Balaban J connectivity index is 5.79. The van der Waals surface area contributed by atoms with Crippen molar-refractivity contribution in [2.45, 2.75) is 79.4 Å². The monoisotopic (exact) mass is 497 g/mol. The number of carbonyl (C=O) groups is 6. The molecule has 11 nitrogen and oxygen atoms in total. The molecule has 0 saturated carbocycles. The molecule has 0 aliphatic carbocycles. The molecule has 0 radical (unpaired) electrons. The van der Waals surface area contributed by atoms with Gasteiger partial charge in [0.25, 0.3) is 5.91 Å². The number of likely N-dealkylation sites (N-methyl/N-ethyl adjacent to an activating group) is 1. The van der Waals surface area contributed by atoms with Gasteiger partial charge in [-0.1, -0.05) is 41.5 Å². The fourth-order valence-electron chi connectivity index (χ4n) is 2.98. The third-order valence-corrected chi connectivity index (χ3v) is 5.00. The van der Waals surface area contributed by atoms with Crippen LogP contribution in [-0.2, 0) is 28.8 Å². The minimum absolute atomic E-state index is 0.190. The Morgan fingerprint density at radius 1 is 0.743 bits per heavy atom. The minimum atomic E-state index is -1.33. The van der Waals surface area contributed by atoms with Crippen LogP contribution in [0.5, 0.6) is 0 Å². The highest BCUT2D eigenvalue weighted by Crippen LogP contribution is 2.22. The van der Waals surface area contributed by atoms with E-state index in [1.54, 1.807) is 20.8 Å². The predicted molar refractivity (Wildman–Crippen MR) is 132 cm³/mol. The average molecular weight is 498 g/mol. The van der Waals surface area contributed by atoms with Gasteiger partial charge in [-0.15, -0.1) is 0 Å². The van der Waals surface area contributed by atoms with Crippen LogP contribution in [0, 0.1) is 10.8 Å². The first kappa shape index (κ1) is 32.0. The highest BCUT2D eigenvalue weighted by Gasteiger charge is 2.37. The van der Waals surface area contributed by atoms with E-state index < -0.39 is 53.0 Å². The number of rotatable bonds is 10. The van der Waals surface area contributed by atoms with Crippen molar-refractivity contribution in [1.29, 1.82) is 0 Å². The molecule has 0 spiro atoms. The number of Topliss-reactive ketones (excluding diaryl/α,β-unsaturated/α-hetero) is 1. The predicted octanol–water partition coefficient (Wildman–Crippen LogP) is 0.0786. The van der Waals surface area contributed by atoms with Crippen LogP contribution in [0.25, 0.3) is 0 Å². The molecule has 0 aromatic carbocycles. The van der Waals surface area contributed by atoms with E-state index in [4.69, 9.17) is 0 Å². The zero-order chi connectivity index (χ0) is 27.9. The summed E-state index contributed by atoms with van der Waals surface area (Å²) in [6, 6.07) is -3.49. The molecule has 11 heteroatoms. The summed E-state index contributed by atoms with van der Waals surface area (Å²) in [5.41, 5.74) is -0.998. The summed E-state index contributed by atoms with van der Waals surface area (Å²) in [5.74, 6) is -3.83. The van der Waals surface area contributed by atoms with E-state index in [1.165, 1.54) is 40.0 Å². The largest absolute Gasteiger partial charge is 0.349 e. The number of ketones is 1. The van der Waals surface area contributed by atoms with Crippen LogP contribution >= 0.6 is 0 Å². The lowest BCUT2D eigenvalue weighted by atomic mass is 9.85. The van der Waals surface area contributed by atoms with E-state index in [-0.39, 0.29) is 24.2 Å². The quantitative estimate of drug-likeness (QED) is 0.365. The van der Waals surface area contributed by atoms with Gasteiger partial charge < -0.3 is 25.8 Å². The highest BCUT2D eigenvalue weighted by molar-refractivity contribution is 6.38. The number of hydrogen-bond acceptors (Lipinski definition) is 6. The molecule has 0 saturated heterocycles. The van der Waals surface area contributed by atoms with Crippen LogP contribution in [0.3, 0.4) is 0 Å². The van der Waals surface area contributed by atoms with Crippen molar-refractivity contribution in [2.75, 3.05) is 28.2 Å². The second-order valence-corrected chi connectivity index (χ2v) is 11.5. The maximum absolute atomic E-state index is 13.2. The van der Waals surface area contributed by atoms with Gasteiger partial charge in [-0.2, -0.15) is 0 Å². The topological polar surface area (TPSA) is 145 Å². The van der Waals surface area contributed by atoms with Gasteiger partial charge in [0.15, 0.2) is 0 Å². The number of nitrogens with zero attached hydrogens (tertiary/aromatic N) is 2. The lowest BCUT2D eigenvalue weighted by Crippen LogP contribution is -2.59. The maximum Gasteiger partial charge on any atom is 0.291 e. The van der Waals surface area contributed by atoms with Gasteiger partial charge in [-0.05, 0) is 17.8 Å². The fraction of sp³-hybridized carbons (Fsp3) is 0.750. The molecule has 35 heavy (non-hydrogen) atoms. The van der Waals surface area contributed by atoms with Crippen molar-refractivity contribution in [3.05, 3.63) is 0 Å². The molecule has 0 heterocycles. The Hall–Kier alpha value is -2.98. The Labute approximate surface area is 208 Å². The van der Waals surface area contributed by atoms with E-state index >= 15 is 0 Å². The molecule has 0 bridgehead atoms. The summed E-state index contributed by atoms with van der Waals surface area (Å²) in [7, 11) is 5.83. The van der Waals surface area contributed by atoms with Crippen LogP contribution in [0.1, 0.15) is 61.3 Å². The van der Waals surface area contributed by atoms with E-state index in [1.807, 2.05) is 20.8 Å². The lowest BCUT2D eigenvalue weighted by Gasteiger charge is -2.33. The first-order valence-electron chi connectivity index (χ1n) is 11.5. The van der Waals surface area contributed by atoms with Crippen molar-refractivity contribution in [3.8, 4) is 0 Å². The maximum atomic E-state index is 13.2. The molecule has 0 aliphatic rings. The van der Waals surface area contributed by atoms with Crippen LogP contribution in [-0.4, -0.2) is 91.4 Å². The van der Waals surface area contributed by atoms with Gasteiger partial charge in [0, 0.05) is 34.6 Å². The van der Waals surface area contributed by atoms with Crippen molar-refractivity contribution >= 4 is 35.3 Å². The third kappa shape index (κ3) is 11.3. The SMILES string of the molecule is CC(NC(=O)[C@H](CC(=O)N(C)C)NC(=O)[C@@H](NC(=O)CC(C)(C)C)C(C)(C)C)C(=O)C(=O)N(C)C. The van der Waals surface area contributed by atoms with Gasteiger partial charge in [0.1, 0.15) is 12.1 Å². The summed E-state index contributed by atoms with van der Waals surface area (Å²) < 4.78 is 0. The second kappa shape index (κ2) is 12.6. The standard InChI is InChI=1S/C24H43N5O6/c1-14(18(32)22(35)29(10)11)25-20(33)15(12-17(31)28(8)9)26-21(34)19(24(5,6)7)27-16(30)13-23(2,3)4/h14-15,19H,12-13H2,1-11H3,(H,25,33)(H,26,34)(H,27,30)/t14?,15-,19+/m0/s1. The van der Waals surface area contributed by atoms with Crippen molar-refractivity contribution < 1.29 is 28.8 Å². The molecular weight excluding hydrogens is 454 g/mol. The smallest absolute Gasteiger partial charge is 0.291 e. The molecule has 3 atom stereocenters. The van der Waals surface area contributed by atoms with Crippen molar-refractivity contribution in [2.24, 2.45) is 10.8 Å². The van der Waals surface area contributed by atoms with Crippen LogP contribution in [0.4, 0.5) is 0 Å². The Morgan fingerprint density at radius 2 is 1.26 bits per heavy atom. The number of nitrogens with one attached hydrogen (secondary N) is 3. The highest BCUT2D eigenvalue weighted by atomic mass is 16.2. The summed E-state index contributed by atoms with van der Waals surface area (Å²) >= 11 is 0. The fourth-order valence-corrected chi connectivity index (χ4v) is 2.98. The second-order valence-electron chi connectivity index (χ2n) is 11.5. The van der Waals surface area contributed by atoms with Gasteiger partial charge in [-0.25, -0.2) is 0 Å². The molecular formula is C24H43N5O6. The van der Waals surface area contributed by atoms with Crippen LogP contribution in [0.15, 0.2) is 0 Å². The summed E-state index contributed by atoms with van der Waals surface area (Å²) in [6.45, 7) is 12.3. The van der Waals surface area contributed by atoms with Gasteiger partial charge in [0.05, 0.1) is 12.5 Å². The minimum Gasteiger partial charge on any atom is -0.349 e. The van der Waals surface area contributed by atoms with Crippen LogP contribution < -0.4 is 16.0 Å². The van der Waals surface area contributed by atoms with Crippen LogP contribution in [0.2, 0.25) is 0 Å². The zero-order valence-electron chi connectivity index (χ0n) is 23.0. The molecule has 0 rings (SSSR count). The Morgan fingerprint density at radius 3 is 1.66 bits per heavy atom. The normalized spacial score (nSPS) is 14.1. The first-order valence-corrected chi connectivity index (χ1v) is 11.5. The number of hydrogen-bond donors (Lipinski definition) is 3. The van der Waals surface area contributed by atoms with E-state index in [0.29, 0.717) is 0 Å². The van der Waals surface area contributed by atoms with Crippen molar-refractivity contribution in [1.82, 2.24) is 25.8 Å². The Kier molecular flexibility index (Phi) is 11.6. The summed E-state index contributed by atoms with van der Waals surface area (Å²) in [4.78, 5) is 77.6. The molecule has 1 unspecified atom stereocenters. The number of carbonyl (C=O) groups excluding carboxylic acids is 6. The summed E-state index contributed by atoms with van der Waals surface area (Å²) in [5, 5.41) is 7.70. The Bertz CT molecular complexity index is 823. The van der Waals surface area contributed by atoms with E-state index in [0.717, 1.165) is 4.90 Å². The van der Waals surface area contributed by atoms with Crippen molar-refractivity contribution in [3.63, 3.8) is 0 Å². The van der Waals surface area contributed by atoms with Gasteiger partial charge in [-0.3, -0.25) is 28.8 Å². The van der Waals surface area contributed by atoms with Gasteiger partial charge >= 0.3 is 0 Å². The molecule has 5 amide bonds. The third-order valence-electron chi connectivity index (χ3n) is 5.00. The molecule has 0 aliphatic heterocycles. The lowest BCUT2D eigenvalue weighted by molar-refractivity contribution is -0.145. The van der Waals surface area contributed by atoms with E-state index in [9.17, 15) is 28.8 Å². The molecule has 0 aromatic rings. The van der Waals surface area contributed by atoms with E-state index in [2.05, 4.69) is 16.0 Å². The zero-order valence-corrected chi connectivity index (χ0v) is 23.0. The summed E-state index contributed by atoms with van der Waals surface area (Å²) in [6.07, 6.45) is -0.185. The first-order chi connectivity index (χ1) is 15.7. The molecule has 200 valence electrons. The average Bonchev–Trinajstić information content (AvgIpc) is 2.67. The molecule has 3 N–H and O–H groups in total. The molecule has 0 aromatic heterocycles. The molecule has 0 fully saturated rings.